The Balaban J connectivity index is 1.68. The highest BCUT2D eigenvalue weighted by Gasteiger charge is 2.22. The standard InChI is InChI=1S/C21H21BrN2O3/c1-2-26-19-11-14(12-23)10-17(22)21(19)27-13-20(25)24-18-9-5-7-15-6-3-4-8-16(15)18/h3-4,6,8,10-11,18H,2,5,7,9,13H2,1H3,(H,24,25)/t18-/m0/s1. The Morgan fingerprint density at radius 3 is 2.93 bits per heavy atom. The van der Waals surface area contributed by atoms with Crippen LogP contribution in [0.4, 0.5) is 0 Å². The van der Waals surface area contributed by atoms with Gasteiger partial charge in [0.05, 0.1) is 28.8 Å². The van der Waals surface area contributed by atoms with E-state index in [1.807, 2.05) is 19.1 Å². The number of nitrogens with zero attached hydrogens (tertiary/aromatic N) is 1. The smallest absolute Gasteiger partial charge is 0.258 e. The molecule has 1 amide bonds. The van der Waals surface area contributed by atoms with Crippen LogP contribution in [-0.2, 0) is 11.2 Å². The molecule has 6 heteroatoms. The normalized spacial score (nSPS) is 15.4. The number of ether oxygens (including phenoxy) is 2. The van der Waals surface area contributed by atoms with Crippen molar-refractivity contribution in [3.8, 4) is 17.6 Å². The molecule has 0 unspecified atom stereocenters. The average molecular weight is 429 g/mol. The maximum atomic E-state index is 12.5. The third-order valence-corrected chi connectivity index (χ3v) is 5.08. The van der Waals surface area contributed by atoms with Gasteiger partial charge in [-0.2, -0.15) is 5.26 Å². The predicted octanol–water partition coefficient (Wildman–Crippen LogP) is 4.29. The van der Waals surface area contributed by atoms with E-state index in [-0.39, 0.29) is 18.6 Å². The number of hydrogen-bond donors (Lipinski definition) is 1. The molecule has 0 radical (unpaired) electrons. The monoisotopic (exact) mass is 428 g/mol. The number of aryl methyl sites for hydroxylation is 1. The quantitative estimate of drug-likeness (QED) is 0.744. The van der Waals surface area contributed by atoms with Crippen LogP contribution in [0.5, 0.6) is 11.5 Å². The van der Waals surface area contributed by atoms with Crippen molar-refractivity contribution in [1.82, 2.24) is 5.32 Å². The second-order valence-electron chi connectivity index (χ2n) is 6.33. The van der Waals surface area contributed by atoms with Gasteiger partial charge in [-0.05, 0) is 59.3 Å². The van der Waals surface area contributed by atoms with E-state index >= 15 is 0 Å². The van der Waals surface area contributed by atoms with Crippen LogP contribution in [0.3, 0.4) is 0 Å². The van der Waals surface area contributed by atoms with E-state index in [1.165, 1.54) is 11.1 Å². The molecule has 1 aliphatic rings. The predicted molar refractivity (Wildman–Crippen MR) is 106 cm³/mol. The summed E-state index contributed by atoms with van der Waals surface area (Å²) in [6.07, 6.45) is 3.03. The molecular weight excluding hydrogens is 408 g/mol. The molecule has 27 heavy (non-hydrogen) atoms. The van der Waals surface area contributed by atoms with Crippen molar-refractivity contribution in [2.75, 3.05) is 13.2 Å². The molecule has 0 saturated carbocycles. The minimum atomic E-state index is -0.185. The van der Waals surface area contributed by atoms with Gasteiger partial charge in [0.25, 0.3) is 5.91 Å². The molecule has 0 aromatic heterocycles. The van der Waals surface area contributed by atoms with Gasteiger partial charge in [-0.3, -0.25) is 4.79 Å². The first-order valence-corrected chi connectivity index (χ1v) is 9.78. The summed E-state index contributed by atoms with van der Waals surface area (Å²) < 4.78 is 11.9. The lowest BCUT2D eigenvalue weighted by Crippen LogP contribution is -2.34. The number of carbonyl (C=O) groups is 1. The van der Waals surface area contributed by atoms with Gasteiger partial charge >= 0.3 is 0 Å². The number of hydrogen-bond acceptors (Lipinski definition) is 4. The number of fused-ring (bicyclic) bond motifs is 1. The van der Waals surface area contributed by atoms with E-state index < -0.39 is 0 Å². The van der Waals surface area contributed by atoms with Crippen molar-refractivity contribution in [2.24, 2.45) is 0 Å². The molecule has 0 heterocycles. The molecule has 0 saturated heterocycles. The van der Waals surface area contributed by atoms with Gasteiger partial charge < -0.3 is 14.8 Å². The number of nitrogens with one attached hydrogen (secondary N) is 1. The SMILES string of the molecule is CCOc1cc(C#N)cc(Br)c1OCC(=O)N[C@H]1CCCc2ccccc21. The lowest BCUT2D eigenvalue weighted by atomic mass is 9.88. The lowest BCUT2D eigenvalue weighted by Gasteiger charge is -2.26. The van der Waals surface area contributed by atoms with E-state index in [0.29, 0.717) is 28.1 Å². The second kappa shape index (κ2) is 8.92. The molecule has 1 aliphatic carbocycles. The van der Waals surface area contributed by atoms with E-state index in [0.717, 1.165) is 19.3 Å². The summed E-state index contributed by atoms with van der Waals surface area (Å²) in [5.74, 6) is 0.685. The highest BCUT2D eigenvalue weighted by atomic mass is 79.9. The van der Waals surface area contributed by atoms with Crippen LogP contribution >= 0.6 is 15.9 Å². The highest BCUT2D eigenvalue weighted by Crippen LogP contribution is 2.37. The Hall–Kier alpha value is -2.52. The zero-order valence-corrected chi connectivity index (χ0v) is 16.7. The van der Waals surface area contributed by atoms with Gasteiger partial charge in [0.1, 0.15) is 0 Å². The summed E-state index contributed by atoms with van der Waals surface area (Å²) in [5.41, 5.74) is 2.94. The third-order valence-electron chi connectivity index (χ3n) is 4.49. The topological polar surface area (TPSA) is 71.3 Å². The van der Waals surface area contributed by atoms with Crippen LogP contribution in [0, 0.1) is 11.3 Å². The molecule has 0 bridgehead atoms. The minimum absolute atomic E-state index is 0.0156. The number of benzene rings is 2. The zero-order chi connectivity index (χ0) is 19.2. The Kier molecular flexibility index (Phi) is 6.36. The van der Waals surface area contributed by atoms with E-state index in [9.17, 15) is 4.79 Å². The number of nitriles is 1. The van der Waals surface area contributed by atoms with E-state index in [4.69, 9.17) is 14.7 Å². The van der Waals surface area contributed by atoms with Crippen LogP contribution in [0.1, 0.15) is 42.5 Å². The van der Waals surface area contributed by atoms with E-state index in [1.54, 1.807) is 12.1 Å². The van der Waals surface area contributed by atoms with Crippen molar-refractivity contribution in [2.45, 2.75) is 32.2 Å². The lowest BCUT2D eigenvalue weighted by molar-refractivity contribution is -0.124. The Bertz CT molecular complexity index is 876. The van der Waals surface area contributed by atoms with Gasteiger partial charge in [0.15, 0.2) is 18.1 Å². The average Bonchev–Trinajstić information content (AvgIpc) is 2.67. The maximum absolute atomic E-state index is 12.5. The molecule has 2 aromatic carbocycles. The fourth-order valence-electron chi connectivity index (χ4n) is 3.31. The molecular formula is C21H21BrN2O3. The number of halogens is 1. The van der Waals surface area contributed by atoms with Crippen molar-refractivity contribution >= 4 is 21.8 Å². The Labute approximate surface area is 167 Å². The van der Waals surface area contributed by atoms with Gasteiger partial charge in [0.2, 0.25) is 0 Å². The number of carbonyl (C=O) groups excluding carboxylic acids is 1. The van der Waals surface area contributed by atoms with Crippen molar-refractivity contribution in [1.29, 1.82) is 5.26 Å². The fraction of sp³-hybridized carbons (Fsp3) is 0.333. The molecule has 1 N–H and O–H groups in total. The zero-order valence-electron chi connectivity index (χ0n) is 15.1. The van der Waals surface area contributed by atoms with Crippen molar-refractivity contribution in [3.63, 3.8) is 0 Å². The third kappa shape index (κ3) is 4.61. The van der Waals surface area contributed by atoms with Crippen LogP contribution in [0.15, 0.2) is 40.9 Å². The molecule has 0 spiro atoms. The summed E-state index contributed by atoms with van der Waals surface area (Å²) >= 11 is 3.39. The second-order valence-corrected chi connectivity index (χ2v) is 7.18. The number of amides is 1. The molecule has 0 fully saturated rings. The van der Waals surface area contributed by atoms with Crippen molar-refractivity contribution in [3.05, 3.63) is 57.6 Å². The first-order valence-electron chi connectivity index (χ1n) is 8.98. The van der Waals surface area contributed by atoms with Crippen LogP contribution < -0.4 is 14.8 Å². The number of rotatable bonds is 6. The summed E-state index contributed by atoms with van der Waals surface area (Å²) in [5, 5.41) is 12.2. The summed E-state index contributed by atoms with van der Waals surface area (Å²) in [6.45, 7) is 2.16. The molecule has 2 aromatic rings. The van der Waals surface area contributed by atoms with Gasteiger partial charge in [-0.15, -0.1) is 0 Å². The Morgan fingerprint density at radius 2 is 2.15 bits per heavy atom. The first-order chi connectivity index (χ1) is 13.1. The minimum Gasteiger partial charge on any atom is -0.490 e. The largest absolute Gasteiger partial charge is 0.490 e. The van der Waals surface area contributed by atoms with Crippen LogP contribution in [0.25, 0.3) is 0 Å². The fourth-order valence-corrected chi connectivity index (χ4v) is 3.87. The van der Waals surface area contributed by atoms with Gasteiger partial charge in [-0.1, -0.05) is 24.3 Å². The highest BCUT2D eigenvalue weighted by molar-refractivity contribution is 9.10. The summed E-state index contributed by atoms with van der Waals surface area (Å²) in [7, 11) is 0. The first kappa shape index (κ1) is 19.2. The molecule has 1 atom stereocenters. The van der Waals surface area contributed by atoms with Gasteiger partial charge in [0, 0.05) is 6.07 Å². The molecule has 3 rings (SSSR count). The molecule has 5 nitrogen and oxygen atoms in total. The van der Waals surface area contributed by atoms with Crippen molar-refractivity contribution < 1.29 is 14.3 Å². The molecule has 140 valence electrons. The van der Waals surface area contributed by atoms with Gasteiger partial charge in [-0.25, -0.2) is 0 Å². The summed E-state index contributed by atoms with van der Waals surface area (Å²) in [6, 6.07) is 13.6. The maximum Gasteiger partial charge on any atom is 0.258 e. The van der Waals surface area contributed by atoms with Crippen LogP contribution in [0.2, 0.25) is 0 Å². The van der Waals surface area contributed by atoms with Crippen LogP contribution in [-0.4, -0.2) is 19.1 Å². The summed E-state index contributed by atoms with van der Waals surface area (Å²) in [4.78, 5) is 12.5. The van der Waals surface area contributed by atoms with E-state index in [2.05, 4.69) is 39.4 Å². The Morgan fingerprint density at radius 1 is 1.33 bits per heavy atom. The molecule has 0 aliphatic heterocycles.